The van der Waals surface area contributed by atoms with Gasteiger partial charge in [-0.15, -0.1) is 0 Å². The van der Waals surface area contributed by atoms with Gasteiger partial charge in [-0.2, -0.15) is 0 Å². The highest BCUT2D eigenvalue weighted by Gasteiger charge is 2.37. The molecule has 3 unspecified atom stereocenters. The summed E-state index contributed by atoms with van der Waals surface area (Å²) in [7, 11) is 0. The van der Waals surface area contributed by atoms with Crippen LogP contribution < -0.4 is 5.32 Å². The summed E-state index contributed by atoms with van der Waals surface area (Å²) in [4.78, 5) is 0. The summed E-state index contributed by atoms with van der Waals surface area (Å²) in [5.74, 6) is 0. The van der Waals surface area contributed by atoms with E-state index in [2.05, 4.69) is 5.32 Å². The van der Waals surface area contributed by atoms with Gasteiger partial charge in [0.15, 0.2) is 0 Å². The van der Waals surface area contributed by atoms with Crippen LogP contribution in [0.1, 0.15) is 6.92 Å². The molecular formula is C6H13NO3. The minimum absolute atomic E-state index is 0.132. The van der Waals surface area contributed by atoms with E-state index in [-0.39, 0.29) is 18.7 Å². The van der Waals surface area contributed by atoms with Gasteiger partial charge < -0.3 is 20.6 Å². The normalized spacial score (nSPS) is 48.0. The first-order chi connectivity index (χ1) is 4.66. The molecule has 10 heavy (non-hydrogen) atoms. The van der Waals surface area contributed by atoms with Crippen LogP contribution in [0.2, 0.25) is 0 Å². The summed E-state index contributed by atoms with van der Waals surface area (Å²) >= 11 is 0. The van der Waals surface area contributed by atoms with Crippen molar-refractivity contribution in [3.8, 4) is 0 Å². The second-order valence-corrected chi connectivity index (χ2v) is 2.73. The van der Waals surface area contributed by atoms with Crippen LogP contribution >= 0.6 is 0 Å². The Labute approximate surface area is 59.5 Å². The molecule has 0 amide bonds. The van der Waals surface area contributed by atoms with Crippen molar-refractivity contribution < 1.29 is 15.3 Å². The first-order valence-corrected chi connectivity index (χ1v) is 3.40. The topological polar surface area (TPSA) is 72.7 Å². The van der Waals surface area contributed by atoms with E-state index in [4.69, 9.17) is 15.3 Å². The van der Waals surface area contributed by atoms with E-state index in [0.717, 1.165) is 0 Å². The maximum absolute atomic E-state index is 9.16. The molecule has 0 aromatic carbocycles. The van der Waals surface area contributed by atoms with E-state index >= 15 is 0 Å². The Morgan fingerprint density at radius 2 is 1.90 bits per heavy atom. The maximum atomic E-state index is 9.16. The monoisotopic (exact) mass is 147 g/mol. The van der Waals surface area contributed by atoms with Crippen LogP contribution in [0, 0.1) is 0 Å². The van der Waals surface area contributed by atoms with Crippen molar-refractivity contribution in [3.63, 3.8) is 0 Å². The largest absolute Gasteiger partial charge is 0.395 e. The van der Waals surface area contributed by atoms with Gasteiger partial charge >= 0.3 is 0 Å². The van der Waals surface area contributed by atoms with Crippen LogP contribution in [0.15, 0.2) is 0 Å². The lowest BCUT2D eigenvalue weighted by molar-refractivity contribution is 0.0214. The summed E-state index contributed by atoms with van der Waals surface area (Å²) in [5, 5.41) is 29.8. The lowest BCUT2D eigenvalue weighted by Crippen LogP contribution is -2.36. The quantitative estimate of drug-likeness (QED) is 0.348. The Morgan fingerprint density at radius 3 is 2.10 bits per heavy atom. The predicted octanol–water partition coefficient (Wildman–Crippen LogP) is -1.94. The van der Waals surface area contributed by atoms with Crippen LogP contribution in [-0.4, -0.2) is 46.2 Å². The highest BCUT2D eigenvalue weighted by molar-refractivity contribution is 4.95. The third-order valence-electron chi connectivity index (χ3n) is 1.95. The molecule has 1 fully saturated rings. The van der Waals surface area contributed by atoms with Crippen molar-refractivity contribution in [2.75, 3.05) is 6.61 Å². The van der Waals surface area contributed by atoms with Gasteiger partial charge in [0, 0.05) is 6.04 Å². The molecule has 1 aliphatic heterocycles. The van der Waals surface area contributed by atoms with Crippen molar-refractivity contribution in [1.29, 1.82) is 0 Å². The molecule has 1 heterocycles. The number of hydrogen-bond donors (Lipinski definition) is 4. The zero-order valence-electron chi connectivity index (χ0n) is 5.86. The van der Waals surface area contributed by atoms with Crippen molar-refractivity contribution in [2.24, 2.45) is 0 Å². The molecule has 0 bridgehead atoms. The average molecular weight is 147 g/mol. The van der Waals surface area contributed by atoms with Crippen molar-refractivity contribution in [2.45, 2.75) is 31.2 Å². The van der Waals surface area contributed by atoms with E-state index in [1.54, 1.807) is 6.92 Å². The molecule has 4 N–H and O–H groups in total. The molecule has 0 aromatic heterocycles. The fraction of sp³-hybridized carbons (Fsp3) is 1.00. The Morgan fingerprint density at radius 1 is 1.30 bits per heavy atom. The number of nitrogens with one attached hydrogen (secondary N) is 1. The smallest absolute Gasteiger partial charge is 0.0989 e. The van der Waals surface area contributed by atoms with Gasteiger partial charge in [0.25, 0.3) is 0 Å². The second-order valence-electron chi connectivity index (χ2n) is 2.73. The van der Waals surface area contributed by atoms with Gasteiger partial charge in [-0.05, 0) is 6.92 Å². The molecule has 0 aliphatic carbocycles. The van der Waals surface area contributed by atoms with Crippen LogP contribution in [0.5, 0.6) is 0 Å². The lowest BCUT2D eigenvalue weighted by atomic mass is 10.1. The average Bonchev–Trinajstić information content (AvgIpc) is 2.17. The molecule has 1 saturated heterocycles. The number of rotatable bonds is 1. The minimum Gasteiger partial charge on any atom is -0.395 e. The Balaban J connectivity index is 2.53. The fourth-order valence-electron chi connectivity index (χ4n) is 1.23. The van der Waals surface area contributed by atoms with E-state index in [9.17, 15) is 0 Å². The molecule has 1 rings (SSSR count). The fourth-order valence-corrected chi connectivity index (χ4v) is 1.23. The molecule has 4 heteroatoms. The van der Waals surface area contributed by atoms with E-state index in [0.29, 0.717) is 0 Å². The predicted molar refractivity (Wildman–Crippen MR) is 35.5 cm³/mol. The first-order valence-electron chi connectivity index (χ1n) is 3.40. The summed E-state index contributed by atoms with van der Waals surface area (Å²) in [6, 6.07) is -0.503. The number of aliphatic hydroxyl groups is 3. The minimum atomic E-state index is -0.833. The van der Waals surface area contributed by atoms with Crippen molar-refractivity contribution >= 4 is 0 Å². The van der Waals surface area contributed by atoms with Crippen molar-refractivity contribution in [1.82, 2.24) is 5.32 Å². The molecule has 4 nitrogen and oxygen atoms in total. The Hall–Kier alpha value is -0.160. The molecule has 0 spiro atoms. The van der Waals surface area contributed by atoms with Crippen molar-refractivity contribution in [3.05, 3.63) is 0 Å². The van der Waals surface area contributed by atoms with Gasteiger partial charge in [0.05, 0.1) is 24.9 Å². The maximum Gasteiger partial charge on any atom is 0.0989 e. The molecule has 4 atom stereocenters. The standard InChI is InChI=1S/C6H13NO3/c1-3-5(9)6(10)4(2-8)7-3/h3-10H,2H2,1H3/t3?,4?,5?,6-/m0/s1. The molecule has 0 radical (unpaired) electrons. The summed E-state index contributed by atoms with van der Waals surface area (Å²) < 4.78 is 0. The third-order valence-corrected chi connectivity index (χ3v) is 1.95. The van der Waals surface area contributed by atoms with Gasteiger partial charge in [-0.3, -0.25) is 0 Å². The summed E-state index contributed by atoms with van der Waals surface area (Å²) in [6.45, 7) is 1.63. The number of aliphatic hydroxyl groups excluding tert-OH is 3. The van der Waals surface area contributed by atoms with E-state index in [1.165, 1.54) is 0 Å². The highest BCUT2D eigenvalue weighted by Crippen LogP contribution is 2.12. The SMILES string of the molecule is CC1NC(CO)[C@H](O)C1O. The van der Waals surface area contributed by atoms with E-state index in [1.807, 2.05) is 0 Å². The van der Waals surface area contributed by atoms with Crippen LogP contribution in [0.3, 0.4) is 0 Å². The van der Waals surface area contributed by atoms with E-state index < -0.39 is 12.2 Å². The molecule has 60 valence electrons. The molecule has 1 aliphatic rings. The zero-order valence-corrected chi connectivity index (χ0v) is 5.86. The molecule has 0 saturated carbocycles. The van der Waals surface area contributed by atoms with Crippen LogP contribution in [0.4, 0.5) is 0 Å². The summed E-state index contributed by atoms with van der Waals surface area (Å²) in [5.41, 5.74) is 0. The highest BCUT2D eigenvalue weighted by atomic mass is 16.3. The van der Waals surface area contributed by atoms with Crippen LogP contribution in [-0.2, 0) is 0 Å². The zero-order chi connectivity index (χ0) is 7.72. The third kappa shape index (κ3) is 1.15. The molecular weight excluding hydrogens is 134 g/mol. The molecule has 0 aromatic rings. The van der Waals surface area contributed by atoms with Gasteiger partial charge in [0.1, 0.15) is 0 Å². The second kappa shape index (κ2) is 2.84. The Kier molecular flexibility index (Phi) is 2.25. The lowest BCUT2D eigenvalue weighted by Gasteiger charge is -2.11. The van der Waals surface area contributed by atoms with Crippen LogP contribution in [0.25, 0.3) is 0 Å². The summed E-state index contributed by atoms with van der Waals surface area (Å²) in [6.07, 6.45) is -1.59. The van der Waals surface area contributed by atoms with Gasteiger partial charge in [-0.1, -0.05) is 0 Å². The first kappa shape index (κ1) is 7.94. The Bertz CT molecular complexity index is 120. The van der Waals surface area contributed by atoms with Gasteiger partial charge in [-0.25, -0.2) is 0 Å². The number of hydrogen-bond acceptors (Lipinski definition) is 4. The van der Waals surface area contributed by atoms with Gasteiger partial charge in [0.2, 0.25) is 0 Å².